The van der Waals surface area contributed by atoms with Crippen molar-refractivity contribution in [1.29, 1.82) is 0 Å². The molecule has 0 spiro atoms. The molecule has 2 amide bonds. The smallest absolute Gasteiger partial charge is 0.321 e. The van der Waals surface area contributed by atoms with E-state index in [4.69, 9.17) is 11.6 Å². The second-order valence-electron chi connectivity index (χ2n) is 5.78. The Hall–Kier alpha value is -2.14. The number of benzene rings is 1. The molecular formula is C17H19ClN4O. The van der Waals surface area contributed by atoms with Crippen LogP contribution in [-0.4, -0.2) is 34.2 Å². The Morgan fingerprint density at radius 2 is 2.09 bits per heavy atom. The number of anilines is 1. The highest BCUT2D eigenvalue weighted by Crippen LogP contribution is 2.29. The second kappa shape index (κ2) is 6.96. The van der Waals surface area contributed by atoms with Crippen molar-refractivity contribution >= 4 is 23.3 Å². The summed E-state index contributed by atoms with van der Waals surface area (Å²) in [5.41, 5.74) is 2.68. The van der Waals surface area contributed by atoms with Crippen LogP contribution in [0.3, 0.4) is 0 Å². The predicted octanol–water partition coefficient (Wildman–Crippen LogP) is 3.85. The molecule has 6 heteroatoms. The van der Waals surface area contributed by atoms with Gasteiger partial charge < -0.3 is 10.2 Å². The molecule has 0 atom stereocenters. The molecule has 0 aliphatic carbocycles. The van der Waals surface area contributed by atoms with Crippen LogP contribution in [0.15, 0.2) is 36.5 Å². The van der Waals surface area contributed by atoms with Gasteiger partial charge in [-0.1, -0.05) is 23.7 Å². The number of likely N-dealkylation sites (tertiary alicyclic amines) is 1. The third-order valence-corrected chi connectivity index (χ3v) is 4.48. The van der Waals surface area contributed by atoms with Crippen LogP contribution in [0.2, 0.25) is 5.02 Å². The number of carbonyl (C=O) groups is 1. The number of amides is 2. The molecule has 1 saturated heterocycles. The van der Waals surface area contributed by atoms with Crippen molar-refractivity contribution in [3.63, 3.8) is 0 Å². The first-order valence-electron chi connectivity index (χ1n) is 7.73. The molecule has 23 heavy (non-hydrogen) atoms. The van der Waals surface area contributed by atoms with Gasteiger partial charge in [0.15, 0.2) is 0 Å². The number of aryl methyl sites for hydroxylation is 1. The number of nitrogens with one attached hydrogen (secondary N) is 1. The van der Waals surface area contributed by atoms with Crippen LogP contribution in [-0.2, 0) is 0 Å². The molecule has 1 aliphatic rings. The Morgan fingerprint density at radius 3 is 2.78 bits per heavy atom. The first kappa shape index (κ1) is 15.7. The van der Waals surface area contributed by atoms with E-state index in [-0.39, 0.29) is 6.03 Å². The van der Waals surface area contributed by atoms with Crippen molar-refractivity contribution in [2.45, 2.75) is 25.7 Å². The summed E-state index contributed by atoms with van der Waals surface area (Å²) in [6.45, 7) is 3.30. The van der Waals surface area contributed by atoms with E-state index in [1.807, 2.05) is 30.0 Å². The molecule has 1 N–H and O–H groups in total. The van der Waals surface area contributed by atoms with Crippen LogP contribution < -0.4 is 5.32 Å². The average Bonchev–Trinajstić information content (AvgIpc) is 2.57. The number of urea groups is 1. The van der Waals surface area contributed by atoms with Crippen LogP contribution in [0, 0.1) is 6.92 Å². The van der Waals surface area contributed by atoms with Gasteiger partial charge >= 0.3 is 6.03 Å². The number of piperidine rings is 1. The van der Waals surface area contributed by atoms with Crippen LogP contribution in [0.25, 0.3) is 0 Å². The first-order valence-corrected chi connectivity index (χ1v) is 8.11. The molecule has 120 valence electrons. The zero-order valence-corrected chi connectivity index (χ0v) is 13.8. The van der Waals surface area contributed by atoms with E-state index in [1.54, 1.807) is 12.3 Å². The van der Waals surface area contributed by atoms with Gasteiger partial charge in [-0.2, -0.15) is 10.2 Å². The van der Waals surface area contributed by atoms with E-state index < -0.39 is 0 Å². The summed E-state index contributed by atoms with van der Waals surface area (Å²) < 4.78 is 0. The van der Waals surface area contributed by atoms with Gasteiger partial charge in [-0.25, -0.2) is 4.79 Å². The third-order valence-electron chi connectivity index (χ3n) is 4.25. The van der Waals surface area contributed by atoms with Crippen molar-refractivity contribution < 1.29 is 4.79 Å². The van der Waals surface area contributed by atoms with Crippen molar-refractivity contribution in [2.75, 3.05) is 18.4 Å². The lowest BCUT2D eigenvalue weighted by molar-refractivity contribution is 0.194. The van der Waals surface area contributed by atoms with E-state index in [2.05, 4.69) is 21.6 Å². The Labute approximate surface area is 140 Å². The Bertz CT molecular complexity index is 698. The molecular weight excluding hydrogens is 312 g/mol. The van der Waals surface area contributed by atoms with Crippen molar-refractivity contribution in [3.8, 4) is 0 Å². The topological polar surface area (TPSA) is 58.1 Å². The van der Waals surface area contributed by atoms with E-state index in [0.717, 1.165) is 36.6 Å². The van der Waals surface area contributed by atoms with Crippen molar-refractivity contribution in [3.05, 3.63) is 52.8 Å². The van der Waals surface area contributed by atoms with Gasteiger partial charge in [0.2, 0.25) is 0 Å². The molecule has 1 aliphatic heterocycles. The maximum Gasteiger partial charge on any atom is 0.321 e. The summed E-state index contributed by atoms with van der Waals surface area (Å²) in [4.78, 5) is 14.2. The highest BCUT2D eigenvalue weighted by Gasteiger charge is 2.24. The van der Waals surface area contributed by atoms with Gasteiger partial charge in [0, 0.05) is 18.1 Å². The van der Waals surface area contributed by atoms with Crippen LogP contribution in [0.4, 0.5) is 10.5 Å². The standard InChI is InChI=1S/C17H19ClN4O/c1-12-16(5-8-19-21-12)20-17(23)22-9-6-13(7-10-22)14-3-2-4-15(18)11-14/h2-5,8,11,13H,6-7,9-10H2,1H3,(H,19,20,23). The van der Waals surface area contributed by atoms with Gasteiger partial charge in [0.05, 0.1) is 17.6 Å². The zero-order chi connectivity index (χ0) is 16.2. The van der Waals surface area contributed by atoms with Gasteiger partial charge in [0.1, 0.15) is 0 Å². The van der Waals surface area contributed by atoms with Gasteiger partial charge in [-0.15, -0.1) is 0 Å². The lowest BCUT2D eigenvalue weighted by atomic mass is 9.89. The van der Waals surface area contributed by atoms with E-state index in [1.165, 1.54) is 5.56 Å². The Balaban J connectivity index is 1.58. The van der Waals surface area contributed by atoms with Gasteiger partial charge in [0.25, 0.3) is 0 Å². The monoisotopic (exact) mass is 330 g/mol. The molecule has 5 nitrogen and oxygen atoms in total. The number of aromatic nitrogens is 2. The molecule has 0 bridgehead atoms. The molecule has 1 fully saturated rings. The largest absolute Gasteiger partial charge is 0.324 e. The number of hydrogen-bond acceptors (Lipinski definition) is 3. The summed E-state index contributed by atoms with van der Waals surface area (Å²) >= 11 is 6.06. The maximum atomic E-state index is 12.4. The molecule has 3 rings (SSSR count). The van der Waals surface area contributed by atoms with Gasteiger partial charge in [-0.05, 0) is 49.4 Å². The highest BCUT2D eigenvalue weighted by atomic mass is 35.5. The lowest BCUT2D eigenvalue weighted by Gasteiger charge is -2.32. The quantitative estimate of drug-likeness (QED) is 0.909. The fourth-order valence-corrected chi connectivity index (χ4v) is 3.10. The van der Waals surface area contributed by atoms with Crippen LogP contribution >= 0.6 is 11.6 Å². The number of hydrogen-bond donors (Lipinski definition) is 1. The van der Waals surface area contributed by atoms with E-state index in [9.17, 15) is 4.79 Å². The minimum absolute atomic E-state index is 0.0781. The van der Waals surface area contributed by atoms with Crippen molar-refractivity contribution in [1.82, 2.24) is 15.1 Å². The zero-order valence-electron chi connectivity index (χ0n) is 13.0. The minimum atomic E-state index is -0.0781. The van der Waals surface area contributed by atoms with Crippen molar-refractivity contribution in [2.24, 2.45) is 0 Å². The Kier molecular flexibility index (Phi) is 4.76. The highest BCUT2D eigenvalue weighted by molar-refractivity contribution is 6.30. The summed E-state index contributed by atoms with van der Waals surface area (Å²) in [5.74, 6) is 0.460. The molecule has 2 aromatic rings. The predicted molar refractivity (Wildman–Crippen MR) is 90.8 cm³/mol. The molecule has 1 aromatic heterocycles. The number of carbonyl (C=O) groups excluding carboxylic acids is 1. The number of nitrogens with zero attached hydrogens (tertiary/aromatic N) is 3. The van der Waals surface area contributed by atoms with E-state index >= 15 is 0 Å². The average molecular weight is 331 g/mol. The maximum absolute atomic E-state index is 12.4. The first-order chi connectivity index (χ1) is 11.1. The molecule has 0 unspecified atom stereocenters. The summed E-state index contributed by atoms with van der Waals surface area (Å²) in [6.07, 6.45) is 3.47. The van der Waals surface area contributed by atoms with Gasteiger partial charge in [-0.3, -0.25) is 0 Å². The lowest BCUT2D eigenvalue weighted by Crippen LogP contribution is -2.40. The third kappa shape index (κ3) is 3.79. The fourth-order valence-electron chi connectivity index (χ4n) is 2.91. The Morgan fingerprint density at radius 1 is 1.30 bits per heavy atom. The molecule has 0 radical (unpaired) electrons. The fraction of sp³-hybridized carbons (Fsp3) is 0.353. The summed E-state index contributed by atoms with van der Waals surface area (Å²) in [6, 6.07) is 9.69. The SMILES string of the molecule is Cc1nnccc1NC(=O)N1CCC(c2cccc(Cl)c2)CC1. The number of rotatable bonds is 2. The van der Waals surface area contributed by atoms with E-state index in [0.29, 0.717) is 11.6 Å². The summed E-state index contributed by atoms with van der Waals surface area (Å²) in [5, 5.41) is 11.4. The minimum Gasteiger partial charge on any atom is -0.324 e. The van der Waals surface area contributed by atoms with Crippen LogP contribution in [0.5, 0.6) is 0 Å². The summed E-state index contributed by atoms with van der Waals surface area (Å²) in [7, 11) is 0. The normalized spacial score (nSPS) is 15.5. The number of halogens is 1. The second-order valence-corrected chi connectivity index (χ2v) is 6.21. The molecule has 1 aromatic carbocycles. The molecule has 2 heterocycles. The molecule has 0 saturated carbocycles. The van der Waals surface area contributed by atoms with Crippen LogP contribution in [0.1, 0.15) is 30.0 Å².